The molecule has 0 fully saturated rings. The monoisotopic (exact) mass is 386 g/mol. The number of nitrogens with one attached hydrogen (secondary N) is 1. The van der Waals surface area contributed by atoms with Gasteiger partial charge in [0.1, 0.15) is 5.69 Å². The fraction of sp³-hybridized carbons (Fsp3) is 0.167. The summed E-state index contributed by atoms with van der Waals surface area (Å²) in [5.74, 6) is 0.992. The highest BCUT2D eigenvalue weighted by Gasteiger charge is 2.20. The van der Waals surface area contributed by atoms with E-state index in [4.69, 9.17) is 0 Å². The number of carbonyl (C=O) groups is 1. The largest absolute Gasteiger partial charge is 0.347 e. The fourth-order valence-corrected chi connectivity index (χ4v) is 4.47. The molecule has 0 saturated heterocycles. The van der Waals surface area contributed by atoms with Crippen LogP contribution >= 0.6 is 27.7 Å². The lowest BCUT2D eigenvalue weighted by Gasteiger charge is -2.17. The quantitative estimate of drug-likeness (QED) is 0.721. The van der Waals surface area contributed by atoms with Crippen LogP contribution in [-0.2, 0) is 13.1 Å². The van der Waals surface area contributed by atoms with Crippen molar-refractivity contribution < 1.29 is 4.79 Å². The lowest BCUT2D eigenvalue weighted by Crippen LogP contribution is -2.26. The molecule has 1 amide bonds. The van der Waals surface area contributed by atoms with Crippen LogP contribution < -0.4 is 5.32 Å². The molecule has 1 aliphatic heterocycles. The SMILES string of the molecule is O=C(NCc1cccc(Br)c1)c1cc2cccc3c2n1CCS3. The highest BCUT2D eigenvalue weighted by atomic mass is 79.9. The summed E-state index contributed by atoms with van der Waals surface area (Å²) in [4.78, 5) is 13.9. The number of rotatable bonds is 3. The van der Waals surface area contributed by atoms with Crippen LogP contribution in [0.4, 0.5) is 0 Å². The third-order valence-electron chi connectivity index (χ3n) is 4.03. The highest BCUT2D eigenvalue weighted by molar-refractivity contribution is 9.10. The molecule has 5 heteroatoms. The minimum Gasteiger partial charge on any atom is -0.347 e. The predicted molar refractivity (Wildman–Crippen MR) is 98.0 cm³/mol. The van der Waals surface area contributed by atoms with E-state index in [0.717, 1.165) is 33.4 Å². The lowest BCUT2D eigenvalue weighted by atomic mass is 10.2. The maximum Gasteiger partial charge on any atom is 0.268 e. The van der Waals surface area contributed by atoms with Crippen LogP contribution in [0.5, 0.6) is 0 Å². The van der Waals surface area contributed by atoms with E-state index in [0.29, 0.717) is 6.54 Å². The summed E-state index contributed by atoms with van der Waals surface area (Å²) >= 11 is 5.32. The molecule has 2 heterocycles. The number of amides is 1. The third-order valence-corrected chi connectivity index (χ3v) is 5.55. The van der Waals surface area contributed by atoms with Crippen LogP contribution in [0.1, 0.15) is 16.1 Å². The van der Waals surface area contributed by atoms with Crippen LogP contribution in [-0.4, -0.2) is 16.2 Å². The van der Waals surface area contributed by atoms with Gasteiger partial charge in [-0.3, -0.25) is 4.79 Å². The molecule has 2 aromatic carbocycles. The lowest BCUT2D eigenvalue weighted by molar-refractivity contribution is 0.0942. The number of aryl methyl sites for hydroxylation is 1. The third kappa shape index (κ3) is 2.79. The number of aromatic nitrogens is 1. The van der Waals surface area contributed by atoms with Gasteiger partial charge in [-0.05, 0) is 29.8 Å². The van der Waals surface area contributed by atoms with Gasteiger partial charge in [0.25, 0.3) is 5.91 Å². The van der Waals surface area contributed by atoms with Crippen molar-refractivity contribution >= 4 is 44.5 Å². The summed E-state index contributed by atoms with van der Waals surface area (Å²) in [5.41, 5.74) is 3.03. The van der Waals surface area contributed by atoms with Crippen molar-refractivity contribution in [2.45, 2.75) is 18.0 Å². The van der Waals surface area contributed by atoms with Crippen molar-refractivity contribution in [2.24, 2.45) is 0 Å². The van der Waals surface area contributed by atoms with Crippen molar-refractivity contribution in [1.82, 2.24) is 9.88 Å². The second-order valence-corrected chi connectivity index (χ2v) is 7.59. The molecule has 0 saturated carbocycles. The van der Waals surface area contributed by atoms with E-state index in [-0.39, 0.29) is 5.91 Å². The Morgan fingerprint density at radius 1 is 1.22 bits per heavy atom. The Morgan fingerprint density at radius 2 is 2.09 bits per heavy atom. The summed E-state index contributed by atoms with van der Waals surface area (Å²) < 4.78 is 3.17. The Hall–Kier alpha value is -1.72. The zero-order valence-corrected chi connectivity index (χ0v) is 14.8. The number of hydrogen-bond acceptors (Lipinski definition) is 2. The van der Waals surface area contributed by atoms with Crippen LogP contribution in [0, 0.1) is 0 Å². The maximum absolute atomic E-state index is 12.6. The first-order valence-electron chi connectivity index (χ1n) is 7.50. The Morgan fingerprint density at radius 3 is 2.96 bits per heavy atom. The van der Waals surface area contributed by atoms with Gasteiger partial charge < -0.3 is 9.88 Å². The number of nitrogens with zero attached hydrogens (tertiary/aromatic N) is 1. The Bertz CT molecular complexity index is 903. The summed E-state index contributed by atoms with van der Waals surface area (Å²) in [5, 5.41) is 4.18. The number of hydrogen-bond donors (Lipinski definition) is 1. The normalized spacial score (nSPS) is 13.3. The van der Waals surface area contributed by atoms with E-state index >= 15 is 0 Å². The van der Waals surface area contributed by atoms with E-state index in [1.807, 2.05) is 42.1 Å². The molecule has 0 atom stereocenters. The molecule has 23 heavy (non-hydrogen) atoms. The molecule has 4 rings (SSSR count). The fourth-order valence-electron chi connectivity index (χ4n) is 2.99. The predicted octanol–water partition coefficient (Wildman–Crippen LogP) is 4.44. The molecule has 116 valence electrons. The number of halogens is 1. The standard InChI is InChI=1S/C18H15BrN2OS/c19-14-5-1-3-12(9-14)11-20-18(22)15-10-13-4-2-6-16-17(13)21(15)7-8-23-16/h1-6,9-10H,7-8,11H2,(H,20,22). The number of thioether (sulfide) groups is 1. The average molecular weight is 387 g/mol. The molecule has 0 bridgehead atoms. The number of carbonyl (C=O) groups excluding carboxylic acids is 1. The Kier molecular flexibility index (Phi) is 3.91. The van der Waals surface area contributed by atoms with Crippen molar-refractivity contribution in [1.29, 1.82) is 0 Å². The van der Waals surface area contributed by atoms with Gasteiger partial charge in [0, 0.05) is 33.6 Å². The van der Waals surface area contributed by atoms with Gasteiger partial charge >= 0.3 is 0 Å². The zero-order valence-electron chi connectivity index (χ0n) is 12.4. The van der Waals surface area contributed by atoms with Gasteiger partial charge in [-0.2, -0.15) is 0 Å². The highest BCUT2D eigenvalue weighted by Crippen LogP contribution is 2.34. The van der Waals surface area contributed by atoms with Crippen LogP contribution in [0.3, 0.4) is 0 Å². The van der Waals surface area contributed by atoms with E-state index < -0.39 is 0 Å². The topological polar surface area (TPSA) is 34.0 Å². The molecule has 3 nitrogen and oxygen atoms in total. The number of para-hydroxylation sites is 1. The van der Waals surface area contributed by atoms with E-state index in [2.05, 4.69) is 44.0 Å². The molecule has 0 radical (unpaired) electrons. The molecule has 3 aromatic rings. The Labute approximate surface area is 147 Å². The smallest absolute Gasteiger partial charge is 0.268 e. The molecular weight excluding hydrogens is 372 g/mol. The summed E-state index contributed by atoms with van der Waals surface area (Å²) in [6, 6.07) is 16.3. The minimum atomic E-state index is -0.0148. The second kappa shape index (κ2) is 6.06. The average Bonchev–Trinajstić information content (AvgIpc) is 2.94. The van der Waals surface area contributed by atoms with Crippen LogP contribution in [0.25, 0.3) is 10.9 Å². The van der Waals surface area contributed by atoms with Gasteiger partial charge in [0.2, 0.25) is 0 Å². The van der Waals surface area contributed by atoms with Gasteiger partial charge in [0.05, 0.1) is 5.52 Å². The van der Waals surface area contributed by atoms with Crippen molar-refractivity contribution in [3.05, 3.63) is 64.3 Å². The summed E-state index contributed by atoms with van der Waals surface area (Å²) in [6.45, 7) is 1.41. The maximum atomic E-state index is 12.6. The van der Waals surface area contributed by atoms with Crippen molar-refractivity contribution in [3.63, 3.8) is 0 Å². The second-order valence-electron chi connectivity index (χ2n) is 5.54. The van der Waals surface area contributed by atoms with Crippen molar-refractivity contribution in [3.8, 4) is 0 Å². The van der Waals surface area contributed by atoms with Crippen LogP contribution in [0.2, 0.25) is 0 Å². The molecular formula is C18H15BrN2OS. The number of benzene rings is 2. The first kappa shape index (κ1) is 14.8. The van der Waals surface area contributed by atoms with Crippen molar-refractivity contribution in [2.75, 3.05) is 5.75 Å². The molecule has 0 aliphatic carbocycles. The molecule has 1 aromatic heterocycles. The molecule has 0 unspecified atom stereocenters. The first-order chi connectivity index (χ1) is 11.2. The van der Waals surface area contributed by atoms with E-state index in [1.165, 1.54) is 10.4 Å². The minimum absolute atomic E-state index is 0.0148. The first-order valence-corrected chi connectivity index (χ1v) is 9.28. The molecule has 1 N–H and O–H groups in total. The van der Waals surface area contributed by atoms with Crippen LogP contribution in [0.15, 0.2) is 57.9 Å². The Balaban J connectivity index is 1.62. The van der Waals surface area contributed by atoms with Gasteiger partial charge in [0.15, 0.2) is 0 Å². The summed E-state index contributed by atoms with van der Waals surface area (Å²) in [7, 11) is 0. The van der Waals surface area contributed by atoms with Gasteiger partial charge in [-0.15, -0.1) is 11.8 Å². The molecule has 1 aliphatic rings. The van der Waals surface area contributed by atoms with Gasteiger partial charge in [-0.25, -0.2) is 0 Å². The van der Waals surface area contributed by atoms with E-state index in [9.17, 15) is 4.79 Å². The molecule has 0 spiro atoms. The zero-order chi connectivity index (χ0) is 15.8. The van der Waals surface area contributed by atoms with E-state index in [1.54, 1.807) is 0 Å². The van der Waals surface area contributed by atoms with Gasteiger partial charge in [-0.1, -0.05) is 40.2 Å². The summed E-state index contributed by atoms with van der Waals surface area (Å²) in [6.07, 6.45) is 0.